The molecule has 0 atom stereocenters. The molecule has 1 saturated heterocycles. The van der Waals surface area contributed by atoms with Crippen LogP contribution in [0.2, 0.25) is 0 Å². The molecule has 2 rings (SSSR count). The van der Waals surface area contributed by atoms with Crippen molar-refractivity contribution in [3.05, 3.63) is 23.9 Å². The van der Waals surface area contributed by atoms with Gasteiger partial charge in [-0.25, -0.2) is 9.78 Å². The Morgan fingerprint density at radius 1 is 1.53 bits per heavy atom. The van der Waals surface area contributed by atoms with E-state index in [9.17, 15) is 4.79 Å². The van der Waals surface area contributed by atoms with Gasteiger partial charge >= 0.3 is 5.97 Å². The van der Waals surface area contributed by atoms with E-state index in [0.717, 1.165) is 25.9 Å². The van der Waals surface area contributed by atoms with Crippen molar-refractivity contribution < 1.29 is 9.53 Å². The fourth-order valence-corrected chi connectivity index (χ4v) is 1.95. The second-order valence-corrected chi connectivity index (χ2v) is 4.06. The molecule has 0 aliphatic carbocycles. The first-order valence-electron chi connectivity index (χ1n) is 5.82. The zero-order valence-electron chi connectivity index (χ0n) is 9.90. The molecular weight excluding hydrogens is 218 g/mol. The van der Waals surface area contributed by atoms with Gasteiger partial charge in [0.1, 0.15) is 11.4 Å². The summed E-state index contributed by atoms with van der Waals surface area (Å²) >= 11 is 0. The van der Waals surface area contributed by atoms with E-state index >= 15 is 0 Å². The SMILES string of the molecule is COC(=O)c1cccnc1NC1CCNCC1. The number of methoxy groups -OCH3 is 1. The Morgan fingerprint density at radius 3 is 3.00 bits per heavy atom. The zero-order chi connectivity index (χ0) is 12.1. The Balaban J connectivity index is 2.11. The second kappa shape index (κ2) is 5.63. The summed E-state index contributed by atoms with van der Waals surface area (Å²) in [5, 5.41) is 6.61. The summed E-state index contributed by atoms with van der Waals surface area (Å²) in [7, 11) is 1.38. The lowest BCUT2D eigenvalue weighted by molar-refractivity contribution is 0.0601. The minimum Gasteiger partial charge on any atom is -0.465 e. The lowest BCUT2D eigenvalue weighted by Crippen LogP contribution is -2.35. The van der Waals surface area contributed by atoms with Crippen LogP contribution in [0.25, 0.3) is 0 Å². The van der Waals surface area contributed by atoms with Crippen molar-refractivity contribution in [3.63, 3.8) is 0 Å². The summed E-state index contributed by atoms with van der Waals surface area (Å²) < 4.78 is 4.73. The van der Waals surface area contributed by atoms with Crippen LogP contribution < -0.4 is 10.6 Å². The van der Waals surface area contributed by atoms with E-state index in [1.807, 2.05) is 0 Å². The monoisotopic (exact) mass is 235 g/mol. The minimum atomic E-state index is -0.352. The number of piperidine rings is 1. The van der Waals surface area contributed by atoms with Crippen LogP contribution in [0.15, 0.2) is 18.3 Å². The van der Waals surface area contributed by atoms with E-state index < -0.39 is 0 Å². The molecule has 1 aliphatic heterocycles. The fourth-order valence-electron chi connectivity index (χ4n) is 1.95. The Hall–Kier alpha value is -1.62. The van der Waals surface area contributed by atoms with Gasteiger partial charge in [0, 0.05) is 12.2 Å². The second-order valence-electron chi connectivity index (χ2n) is 4.06. The number of aromatic nitrogens is 1. The highest BCUT2D eigenvalue weighted by Crippen LogP contribution is 2.16. The number of rotatable bonds is 3. The van der Waals surface area contributed by atoms with Crippen molar-refractivity contribution in [2.24, 2.45) is 0 Å². The standard InChI is InChI=1S/C12H17N3O2/c1-17-12(16)10-3-2-6-14-11(10)15-9-4-7-13-8-5-9/h2-3,6,9,13H,4-5,7-8H2,1H3,(H,14,15). The minimum absolute atomic E-state index is 0.352. The van der Waals surface area contributed by atoms with E-state index in [0.29, 0.717) is 17.4 Å². The number of hydrogen-bond acceptors (Lipinski definition) is 5. The Labute approximate surface area is 101 Å². The Bertz CT molecular complexity index is 389. The van der Waals surface area contributed by atoms with Crippen molar-refractivity contribution in [2.45, 2.75) is 18.9 Å². The van der Waals surface area contributed by atoms with Gasteiger partial charge in [0.15, 0.2) is 0 Å². The average Bonchev–Trinajstić information content (AvgIpc) is 2.40. The number of hydrogen-bond donors (Lipinski definition) is 2. The molecule has 0 radical (unpaired) electrons. The third kappa shape index (κ3) is 2.94. The van der Waals surface area contributed by atoms with E-state index in [2.05, 4.69) is 15.6 Å². The van der Waals surface area contributed by atoms with Gasteiger partial charge in [0.05, 0.1) is 7.11 Å². The van der Waals surface area contributed by atoms with Gasteiger partial charge in [-0.05, 0) is 38.1 Å². The number of anilines is 1. The maximum atomic E-state index is 11.6. The lowest BCUT2D eigenvalue weighted by atomic mass is 10.1. The Kier molecular flexibility index (Phi) is 3.93. The van der Waals surface area contributed by atoms with Crippen LogP contribution in [0.1, 0.15) is 23.2 Å². The van der Waals surface area contributed by atoms with E-state index in [-0.39, 0.29) is 5.97 Å². The summed E-state index contributed by atoms with van der Waals surface area (Å²) in [5.41, 5.74) is 0.494. The first kappa shape index (κ1) is 11.9. The first-order chi connectivity index (χ1) is 8.31. The molecule has 5 nitrogen and oxygen atoms in total. The van der Waals surface area contributed by atoms with Gasteiger partial charge in [0.25, 0.3) is 0 Å². The van der Waals surface area contributed by atoms with E-state index in [1.165, 1.54) is 7.11 Å². The van der Waals surface area contributed by atoms with Crippen LogP contribution in [0.3, 0.4) is 0 Å². The third-order valence-corrected chi connectivity index (χ3v) is 2.89. The number of nitrogens with zero attached hydrogens (tertiary/aromatic N) is 1. The summed E-state index contributed by atoms with van der Waals surface area (Å²) in [6.07, 6.45) is 3.75. The van der Waals surface area contributed by atoms with E-state index in [1.54, 1.807) is 18.3 Å². The molecule has 5 heteroatoms. The number of nitrogens with one attached hydrogen (secondary N) is 2. The molecule has 1 aromatic heterocycles. The fraction of sp³-hybridized carbons (Fsp3) is 0.500. The van der Waals surface area contributed by atoms with Gasteiger partial charge < -0.3 is 15.4 Å². The largest absolute Gasteiger partial charge is 0.465 e. The van der Waals surface area contributed by atoms with Crippen molar-refractivity contribution >= 4 is 11.8 Å². The molecule has 92 valence electrons. The molecule has 0 aromatic carbocycles. The lowest BCUT2D eigenvalue weighted by Gasteiger charge is -2.24. The van der Waals surface area contributed by atoms with Gasteiger partial charge in [-0.2, -0.15) is 0 Å². The maximum Gasteiger partial charge on any atom is 0.341 e. The molecule has 0 spiro atoms. The van der Waals surface area contributed by atoms with Crippen molar-refractivity contribution in [1.82, 2.24) is 10.3 Å². The highest BCUT2D eigenvalue weighted by atomic mass is 16.5. The first-order valence-corrected chi connectivity index (χ1v) is 5.82. The number of carbonyl (C=O) groups excluding carboxylic acids is 1. The summed E-state index contributed by atoms with van der Waals surface area (Å²) in [6, 6.07) is 3.83. The molecule has 0 saturated carbocycles. The van der Waals surface area contributed by atoms with Crippen molar-refractivity contribution in [1.29, 1.82) is 0 Å². The molecule has 1 fully saturated rings. The maximum absolute atomic E-state index is 11.6. The number of esters is 1. The molecule has 1 aliphatic rings. The van der Waals surface area contributed by atoms with Crippen LogP contribution in [0.5, 0.6) is 0 Å². The average molecular weight is 235 g/mol. The molecule has 0 bridgehead atoms. The van der Waals surface area contributed by atoms with E-state index in [4.69, 9.17) is 4.74 Å². The molecule has 1 aromatic rings. The molecule has 2 N–H and O–H groups in total. The van der Waals surface area contributed by atoms with Crippen LogP contribution in [0.4, 0.5) is 5.82 Å². The van der Waals surface area contributed by atoms with Crippen LogP contribution >= 0.6 is 0 Å². The Morgan fingerprint density at radius 2 is 2.29 bits per heavy atom. The van der Waals surface area contributed by atoms with Gasteiger partial charge in [-0.15, -0.1) is 0 Å². The number of ether oxygens (including phenoxy) is 1. The normalized spacial score (nSPS) is 16.5. The zero-order valence-corrected chi connectivity index (χ0v) is 9.90. The van der Waals surface area contributed by atoms with Crippen molar-refractivity contribution in [3.8, 4) is 0 Å². The van der Waals surface area contributed by atoms with Gasteiger partial charge in [-0.1, -0.05) is 0 Å². The molecule has 0 amide bonds. The molecule has 17 heavy (non-hydrogen) atoms. The highest BCUT2D eigenvalue weighted by molar-refractivity contribution is 5.94. The van der Waals surface area contributed by atoms with Crippen molar-refractivity contribution in [2.75, 3.05) is 25.5 Å². The topological polar surface area (TPSA) is 63.2 Å². The van der Waals surface area contributed by atoms with Crippen LogP contribution in [0, 0.1) is 0 Å². The third-order valence-electron chi connectivity index (χ3n) is 2.89. The van der Waals surface area contributed by atoms with Crippen LogP contribution in [-0.2, 0) is 4.74 Å². The molecule has 0 unspecified atom stereocenters. The van der Waals surface area contributed by atoms with Crippen LogP contribution in [-0.4, -0.2) is 37.2 Å². The van der Waals surface area contributed by atoms with Gasteiger partial charge in [0.2, 0.25) is 0 Å². The predicted octanol–water partition coefficient (Wildman–Crippen LogP) is 1.03. The number of pyridine rings is 1. The predicted molar refractivity (Wildman–Crippen MR) is 65.1 cm³/mol. The molecule has 2 heterocycles. The summed E-state index contributed by atoms with van der Waals surface area (Å²) in [5.74, 6) is 0.265. The highest BCUT2D eigenvalue weighted by Gasteiger charge is 2.17. The van der Waals surface area contributed by atoms with Gasteiger partial charge in [-0.3, -0.25) is 0 Å². The summed E-state index contributed by atoms with van der Waals surface area (Å²) in [6.45, 7) is 2.00. The molecular formula is C12H17N3O2. The number of carbonyl (C=O) groups is 1. The summed E-state index contributed by atoms with van der Waals surface area (Å²) in [4.78, 5) is 15.8. The smallest absolute Gasteiger partial charge is 0.341 e. The quantitative estimate of drug-likeness (QED) is 0.766.